The first-order valence-electron chi connectivity index (χ1n) is 3.85. The average Bonchev–Trinajstić information content (AvgIpc) is 1.84. The van der Waals surface area contributed by atoms with Crippen molar-refractivity contribution in [1.29, 1.82) is 0 Å². The highest BCUT2D eigenvalue weighted by Gasteiger charge is 2.30. The molecule has 0 rings (SSSR count). The van der Waals surface area contributed by atoms with E-state index in [1.807, 2.05) is 6.92 Å². The molecule has 1 unspecified atom stereocenters. The van der Waals surface area contributed by atoms with Gasteiger partial charge in [0, 0.05) is 12.6 Å². The monoisotopic (exact) mass is 185 g/mol. The average molecular weight is 185 g/mol. The predicted octanol–water partition coefficient (Wildman–Crippen LogP) is 1.69. The molecule has 0 radical (unpaired) electrons. The van der Waals surface area contributed by atoms with Crippen molar-refractivity contribution >= 4 is 0 Å². The molecule has 0 saturated carbocycles. The first kappa shape index (κ1) is 11.7. The van der Waals surface area contributed by atoms with Crippen molar-refractivity contribution in [3.63, 3.8) is 0 Å². The van der Waals surface area contributed by atoms with Crippen molar-refractivity contribution in [1.82, 2.24) is 0 Å². The zero-order valence-electron chi connectivity index (χ0n) is 7.03. The van der Waals surface area contributed by atoms with E-state index in [4.69, 9.17) is 10.5 Å². The fraction of sp³-hybridized carbons (Fsp3) is 1.00. The smallest absolute Gasteiger partial charge is 0.380 e. The molecular formula is C7H14F3NO. The van der Waals surface area contributed by atoms with Crippen LogP contribution in [0.25, 0.3) is 0 Å². The van der Waals surface area contributed by atoms with Gasteiger partial charge in [-0.15, -0.1) is 0 Å². The fourth-order valence-corrected chi connectivity index (χ4v) is 0.735. The number of ether oxygens (including phenoxy) is 1. The van der Waals surface area contributed by atoms with Crippen molar-refractivity contribution in [2.75, 3.05) is 13.2 Å². The summed E-state index contributed by atoms with van der Waals surface area (Å²) in [5, 5.41) is 0. The van der Waals surface area contributed by atoms with Crippen molar-refractivity contribution in [2.45, 2.75) is 32.0 Å². The Balaban J connectivity index is 3.40. The number of rotatable bonds is 5. The van der Waals surface area contributed by atoms with Gasteiger partial charge in [-0.2, -0.15) is 13.2 Å². The Labute approximate surface area is 69.9 Å². The van der Waals surface area contributed by atoms with Gasteiger partial charge in [0.15, 0.2) is 0 Å². The van der Waals surface area contributed by atoms with Crippen molar-refractivity contribution in [2.24, 2.45) is 5.73 Å². The predicted molar refractivity (Wildman–Crippen MR) is 39.8 cm³/mol. The Morgan fingerprint density at radius 2 is 2.00 bits per heavy atom. The summed E-state index contributed by atoms with van der Waals surface area (Å²) >= 11 is 0. The van der Waals surface area contributed by atoms with Crippen LogP contribution in [0.3, 0.4) is 0 Å². The molecule has 12 heavy (non-hydrogen) atoms. The summed E-state index contributed by atoms with van der Waals surface area (Å²) in [6.45, 7) is 2.33. The van der Waals surface area contributed by atoms with E-state index in [1.54, 1.807) is 0 Å². The normalized spacial score (nSPS) is 14.8. The van der Waals surface area contributed by atoms with E-state index in [0.29, 0.717) is 6.61 Å². The van der Waals surface area contributed by atoms with E-state index >= 15 is 0 Å². The van der Waals surface area contributed by atoms with Crippen LogP contribution in [-0.2, 0) is 4.74 Å². The van der Waals surface area contributed by atoms with Gasteiger partial charge < -0.3 is 10.5 Å². The van der Waals surface area contributed by atoms with Gasteiger partial charge >= 0.3 is 6.18 Å². The zero-order valence-corrected chi connectivity index (χ0v) is 7.03. The van der Waals surface area contributed by atoms with E-state index in [0.717, 1.165) is 6.42 Å². The summed E-state index contributed by atoms with van der Waals surface area (Å²) in [5.74, 6) is 0. The molecule has 1 atom stereocenters. The van der Waals surface area contributed by atoms with Gasteiger partial charge in [0.2, 0.25) is 0 Å². The van der Waals surface area contributed by atoms with Crippen LogP contribution in [0.15, 0.2) is 0 Å². The summed E-state index contributed by atoms with van der Waals surface area (Å²) in [7, 11) is 0. The highest BCUT2D eigenvalue weighted by atomic mass is 19.4. The minimum absolute atomic E-state index is 0.0205. The summed E-state index contributed by atoms with van der Waals surface area (Å²) in [6, 6.07) is -0.934. The van der Waals surface area contributed by atoms with Gasteiger partial charge in [0.05, 0.1) is 13.0 Å². The van der Waals surface area contributed by atoms with Gasteiger partial charge in [0.25, 0.3) is 0 Å². The van der Waals surface area contributed by atoms with Crippen molar-refractivity contribution in [3.8, 4) is 0 Å². The lowest BCUT2D eigenvalue weighted by Gasteiger charge is -2.13. The van der Waals surface area contributed by atoms with Gasteiger partial charge in [-0.25, -0.2) is 0 Å². The lowest BCUT2D eigenvalue weighted by molar-refractivity contribution is -0.141. The molecule has 0 aromatic heterocycles. The first-order valence-corrected chi connectivity index (χ1v) is 3.85. The molecule has 5 heteroatoms. The van der Waals surface area contributed by atoms with Crippen molar-refractivity contribution < 1.29 is 17.9 Å². The topological polar surface area (TPSA) is 35.2 Å². The van der Waals surface area contributed by atoms with E-state index in [9.17, 15) is 13.2 Å². The largest absolute Gasteiger partial charge is 0.390 e. The third-order valence-electron chi connectivity index (χ3n) is 1.17. The quantitative estimate of drug-likeness (QED) is 0.661. The molecule has 0 saturated heterocycles. The Morgan fingerprint density at radius 3 is 2.42 bits per heavy atom. The molecule has 0 heterocycles. The van der Waals surface area contributed by atoms with Crippen molar-refractivity contribution in [3.05, 3.63) is 0 Å². The summed E-state index contributed by atoms with van der Waals surface area (Å²) < 4.78 is 39.9. The Morgan fingerprint density at radius 1 is 1.42 bits per heavy atom. The van der Waals surface area contributed by atoms with Crippen LogP contribution >= 0.6 is 0 Å². The number of halogens is 3. The van der Waals surface area contributed by atoms with Crippen LogP contribution in [0, 0.1) is 0 Å². The summed E-state index contributed by atoms with van der Waals surface area (Å²) in [5.41, 5.74) is 5.16. The first-order chi connectivity index (χ1) is 5.45. The van der Waals surface area contributed by atoms with Crippen LogP contribution in [0.2, 0.25) is 0 Å². The highest BCUT2D eigenvalue weighted by molar-refractivity contribution is 4.65. The van der Waals surface area contributed by atoms with Crippen LogP contribution in [0.5, 0.6) is 0 Å². The molecule has 0 spiro atoms. The summed E-state index contributed by atoms with van der Waals surface area (Å²) in [6.07, 6.45) is -4.37. The van der Waals surface area contributed by atoms with Gasteiger partial charge in [0.1, 0.15) is 0 Å². The fourth-order valence-electron chi connectivity index (χ4n) is 0.735. The minimum atomic E-state index is -4.19. The van der Waals surface area contributed by atoms with Crippen LogP contribution in [0.4, 0.5) is 13.2 Å². The summed E-state index contributed by atoms with van der Waals surface area (Å²) in [4.78, 5) is 0. The molecule has 0 fully saturated rings. The second-order valence-electron chi connectivity index (χ2n) is 2.65. The number of hydrogen-bond acceptors (Lipinski definition) is 2. The second kappa shape index (κ2) is 5.37. The lowest BCUT2D eigenvalue weighted by Crippen LogP contribution is -2.32. The maximum Gasteiger partial charge on any atom is 0.390 e. The van der Waals surface area contributed by atoms with E-state index in [1.165, 1.54) is 0 Å². The lowest BCUT2D eigenvalue weighted by atomic mass is 10.2. The second-order valence-corrected chi connectivity index (χ2v) is 2.65. The molecule has 0 aromatic carbocycles. The van der Waals surface area contributed by atoms with E-state index < -0.39 is 18.6 Å². The van der Waals surface area contributed by atoms with Crippen LogP contribution in [-0.4, -0.2) is 25.4 Å². The molecule has 0 bridgehead atoms. The molecule has 0 aliphatic heterocycles. The molecule has 2 N–H and O–H groups in total. The molecule has 0 amide bonds. The maximum atomic E-state index is 11.7. The maximum absolute atomic E-state index is 11.7. The number of hydrogen-bond donors (Lipinski definition) is 1. The molecule has 2 nitrogen and oxygen atoms in total. The molecule has 0 aromatic rings. The highest BCUT2D eigenvalue weighted by Crippen LogP contribution is 2.20. The third kappa shape index (κ3) is 7.81. The Kier molecular flexibility index (Phi) is 5.24. The third-order valence-corrected chi connectivity index (χ3v) is 1.17. The van der Waals surface area contributed by atoms with Gasteiger partial charge in [-0.3, -0.25) is 0 Å². The SMILES string of the molecule is CCCOCC(N)CC(F)(F)F. The zero-order chi connectivity index (χ0) is 9.61. The molecule has 0 aliphatic carbocycles. The standard InChI is InChI=1S/C7H14F3NO/c1-2-3-12-5-6(11)4-7(8,9)10/h6H,2-5,11H2,1H3. The molecular weight excluding hydrogens is 171 g/mol. The van der Waals surface area contributed by atoms with Crippen LogP contribution in [0.1, 0.15) is 19.8 Å². The van der Waals surface area contributed by atoms with Gasteiger partial charge in [-0.1, -0.05) is 6.92 Å². The molecule has 74 valence electrons. The Hall–Kier alpha value is -0.290. The Bertz CT molecular complexity index is 116. The minimum Gasteiger partial charge on any atom is -0.380 e. The van der Waals surface area contributed by atoms with Gasteiger partial charge in [-0.05, 0) is 6.42 Å². The molecule has 0 aliphatic rings. The number of alkyl halides is 3. The number of nitrogens with two attached hydrogens (primary N) is 1. The van der Waals surface area contributed by atoms with E-state index in [2.05, 4.69) is 0 Å². The van der Waals surface area contributed by atoms with Crippen LogP contribution < -0.4 is 5.73 Å². The van der Waals surface area contributed by atoms with E-state index in [-0.39, 0.29) is 6.61 Å².